The number of rotatable bonds is 14. The summed E-state index contributed by atoms with van der Waals surface area (Å²) in [6, 6.07) is 15.4. The molecule has 0 saturated carbocycles. The molecule has 0 radical (unpaired) electrons. The molecule has 0 aliphatic rings. The molecular weight excluding hydrogens is 570 g/mol. The highest BCUT2D eigenvalue weighted by molar-refractivity contribution is 7.99. The molecule has 0 bridgehead atoms. The molecule has 234 valence electrons. The highest BCUT2D eigenvalue weighted by Gasteiger charge is 2.17. The molecule has 0 fully saturated rings. The quantitative estimate of drug-likeness (QED) is 0.0982. The number of nitrogens with one attached hydrogen (secondary N) is 1. The first-order valence-electron chi connectivity index (χ1n) is 14.7. The zero-order valence-corrected chi connectivity index (χ0v) is 28.4. The number of thioether (sulfide) groups is 1. The van der Waals surface area contributed by atoms with Crippen molar-refractivity contribution >= 4 is 41.0 Å². The molecule has 0 aliphatic heterocycles. The number of allylic oxidation sites excluding steroid dienone is 2. The van der Waals surface area contributed by atoms with Crippen molar-refractivity contribution in [3.63, 3.8) is 0 Å². The van der Waals surface area contributed by atoms with Gasteiger partial charge in [-0.2, -0.15) is 0 Å². The lowest BCUT2D eigenvalue weighted by Crippen LogP contribution is -2.35. The van der Waals surface area contributed by atoms with E-state index in [2.05, 4.69) is 39.6 Å². The van der Waals surface area contributed by atoms with Crippen LogP contribution in [0.3, 0.4) is 0 Å². The van der Waals surface area contributed by atoms with Gasteiger partial charge in [0.25, 0.3) is 0 Å². The van der Waals surface area contributed by atoms with Gasteiger partial charge in [0.2, 0.25) is 0 Å². The summed E-state index contributed by atoms with van der Waals surface area (Å²) in [5.41, 5.74) is 4.12. The van der Waals surface area contributed by atoms with E-state index >= 15 is 0 Å². The number of carbonyl (C=O) groups is 2. The molecule has 2 unspecified atom stereocenters. The van der Waals surface area contributed by atoms with Gasteiger partial charge in [0.05, 0.1) is 6.54 Å². The Bertz CT molecular complexity index is 1100. The fourth-order valence-corrected chi connectivity index (χ4v) is 4.34. The summed E-state index contributed by atoms with van der Waals surface area (Å²) < 4.78 is 16.6. The van der Waals surface area contributed by atoms with Crippen molar-refractivity contribution in [1.82, 2.24) is 5.32 Å². The molecule has 0 saturated heterocycles. The minimum atomic E-state index is -0.613. The van der Waals surface area contributed by atoms with Crippen LogP contribution in [-0.4, -0.2) is 43.7 Å². The molecule has 42 heavy (non-hydrogen) atoms. The van der Waals surface area contributed by atoms with Crippen LogP contribution < -0.4 is 10.1 Å². The van der Waals surface area contributed by atoms with E-state index in [4.69, 9.17) is 25.8 Å². The van der Waals surface area contributed by atoms with Gasteiger partial charge in [-0.25, -0.2) is 9.59 Å². The molecule has 0 heterocycles. The Kier molecular flexibility index (Phi) is 21.1. The fourth-order valence-electron chi connectivity index (χ4n) is 3.34. The van der Waals surface area contributed by atoms with Gasteiger partial charge >= 0.3 is 12.1 Å². The zero-order valence-electron chi connectivity index (χ0n) is 26.8. The van der Waals surface area contributed by atoms with Crippen LogP contribution in [0.4, 0.5) is 4.79 Å². The highest BCUT2D eigenvalue weighted by atomic mass is 35.5. The lowest BCUT2D eigenvalue weighted by atomic mass is 9.92. The first kappa shape index (κ1) is 39.1. The lowest BCUT2D eigenvalue weighted by molar-refractivity contribution is -0.138. The number of amides is 1. The van der Waals surface area contributed by atoms with Crippen molar-refractivity contribution in [2.75, 3.05) is 25.5 Å². The number of carbonyl (C=O) groups excluding carboxylic acids is 2. The average molecular weight is 620 g/mol. The molecule has 1 amide bonds. The lowest BCUT2D eigenvalue weighted by Gasteiger charge is -2.19. The van der Waals surface area contributed by atoms with Crippen molar-refractivity contribution in [2.45, 2.75) is 79.7 Å². The van der Waals surface area contributed by atoms with E-state index in [1.807, 2.05) is 76.2 Å². The normalized spacial score (nSPS) is 12.1. The standard InChI is InChI=1S/C30H38ClNO5S.2C2H6/c1-7-21(4)22(5)23(6)24-8-12-26(13-9-24)36-18-27(19-38-28-14-10-25(31)11-15-28)37-30(34)32-16-17-35-29(33)20(2)3;2*1-2/h8-15,21,27H,2,7,16-19H2,1,3-6H3,(H,32,34);2*1-2H3/b23-22-;;. The Morgan fingerprint density at radius 3 is 2.12 bits per heavy atom. The third-order valence-corrected chi connectivity index (χ3v) is 7.54. The van der Waals surface area contributed by atoms with Crippen molar-refractivity contribution in [2.24, 2.45) is 5.92 Å². The Labute approximate surface area is 263 Å². The maximum absolute atomic E-state index is 12.4. The summed E-state index contributed by atoms with van der Waals surface area (Å²) >= 11 is 7.52. The van der Waals surface area contributed by atoms with Crippen molar-refractivity contribution in [1.29, 1.82) is 0 Å². The Balaban J connectivity index is 0.00000402. The van der Waals surface area contributed by atoms with Crippen molar-refractivity contribution in [3.05, 3.63) is 76.8 Å². The van der Waals surface area contributed by atoms with Gasteiger partial charge in [-0.05, 0) is 80.6 Å². The number of halogens is 1. The molecule has 2 aromatic rings. The average Bonchev–Trinajstić information content (AvgIpc) is 3.02. The number of hydrogen-bond acceptors (Lipinski definition) is 6. The first-order chi connectivity index (χ1) is 20.1. The van der Waals surface area contributed by atoms with Gasteiger partial charge in [-0.1, -0.05) is 77.4 Å². The van der Waals surface area contributed by atoms with Crippen LogP contribution in [0.2, 0.25) is 5.02 Å². The van der Waals surface area contributed by atoms with E-state index in [9.17, 15) is 9.59 Å². The molecule has 2 atom stereocenters. The number of hydrogen-bond donors (Lipinski definition) is 1. The monoisotopic (exact) mass is 619 g/mol. The summed E-state index contributed by atoms with van der Waals surface area (Å²) in [6.45, 7) is 22.2. The molecule has 6 nitrogen and oxygen atoms in total. The van der Waals surface area contributed by atoms with E-state index < -0.39 is 18.2 Å². The van der Waals surface area contributed by atoms with Crippen LogP contribution >= 0.6 is 23.4 Å². The largest absolute Gasteiger partial charge is 0.490 e. The number of alkyl carbamates (subject to hydrolysis) is 1. The number of esters is 1. The van der Waals surface area contributed by atoms with Gasteiger partial charge in [0, 0.05) is 21.2 Å². The topological polar surface area (TPSA) is 73.9 Å². The van der Waals surface area contributed by atoms with Crippen LogP contribution in [0.15, 0.2) is 71.2 Å². The fraction of sp³-hybridized carbons (Fsp3) is 0.471. The van der Waals surface area contributed by atoms with E-state index in [1.165, 1.54) is 22.9 Å². The van der Waals surface area contributed by atoms with Gasteiger partial charge in [0.15, 0.2) is 0 Å². The minimum Gasteiger partial charge on any atom is -0.490 e. The van der Waals surface area contributed by atoms with E-state index in [1.54, 1.807) is 6.92 Å². The summed E-state index contributed by atoms with van der Waals surface area (Å²) in [4.78, 5) is 24.8. The predicted molar refractivity (Wildman–Crippen MR) is 179 cm³/mol. The molecule has 1 N–H and O–H groups in total. The van der Waals surface area contributed by atoms with E-state index in [0.29, 0.717) is 28.0 Å². The third-order valence-electron chi connectivity index (χ3n) is 6.14. The van der Waals surface area contributed by atoms with Crippen LogP contribution in [-0.2, 0) is 14.3 Å². The second-order valence-corrected chi connectivity index (χ2v) is 10.6. The molecular formula is C34H50ClNO5S. The summed E-state index contributed by atoms with van der Waals surface area (Å²) in [6.07, 6.45) is -0.0339. The highest BCUT2D eigenvalue weighted by Crippen LogP contribution is 2.27. The second kappa shape index (κ2) is 22.7. The maximum atomic E-state index is 12.4. The molecule has 0 aromatic heterocycles. The Morgan fingerprint density at radius 2 is 1.57 bits per heavy atom. The SMILES string of the molecule is C=C(C)C(=O)OCCNC(=O)OC(COc1ccc(/C(C)=C(/C)C(C)CC)cc1)CSc1ccc(Cl)cc1.CC.CC. The first-order valence-corrected chi connectivity index (χ1v) is 16.0. The van der Waals surface area contributed by atoms with Crippen LogP contribution in [0.25, 0.3) is 5.57 Å². The minimum absolute atomic E-state index is 0.0260. The van der Waals surface area contributed by atoms with Crippen molar-refractivity contribution < 1.29 is 23.8 Å². The van der Waals surface area contributed by atoms with Gasteiger partial charge < -0.3 is 19.5 Å². The molecule has 2 aromatic carbocycles. The van der Waals surface area contributed by atoms with Gasteiger partial charge in [-0.15, -0.1) is 11.8 Å². The molecule has 2 rings (SSSR count). The van der Waals surface area contributed by atoms with Crippen LogP contribution in [0.1, 0.15) is 74.3 Å². The van der Waals surface area contributed by atoms with E-state index in [0.717, 1.165) is 16.9 Å². The Morgan fingerprint density at radius 1 is 0.976 bits per heavy atom. The molecule has 0 spiro atoms. The van der Waals surface area contributed by atoms with Crippen molar-refractivity contribution in [3.8, 4) is 5.75 Å². The van der Waals surface area contributed by atoms with Crippen LogP contribution in [0, 0.1) is 5.92 Å². The second-order valence-electron chi connectivity index (χ2n) is 9.09. The third kappa shape index (κ3) is 15.4. The predicted octanol–water partition coefficient (Wildman–Crippen LogP) is 9.62. The summed E-state index contributed by atoms with van der Waals surface area (Å²) in [7, 11) is 0. The molecule has 8 heteroatoms. The smallest absolute Gasteiger partial charge is 0.407 e. The molecule has 0 aliphatic carbocycles. The number of benzene rings is 2. The summed E-state index contributed by atoms with van der Waals surface area (Å²) in [5.74, 6) is 1.21. The van der Waals surface area contributed by atoms with E-state index in [-0.39, 0.29) is 19.8 Å². The summed E-state index contributed by atoms with van der Waals surface area (Å²) in [5, 5.41) is 3.26. The van der Waals surface area contributed by atoms with Gasteiger partial charge in [-0.3, -0.25) is 0 Å². The zero-order chi connectivity index (χ0) is 32.1. The number of ether oxygens (including phenoxy) is 3. The van der Waals surface area contributed by atoms with Crippen LogP contribution in [0.5, 0.6) is 5.75 Å². The van der Waals surface area contributed by atoms with Gasteiger partial charge in [0.1, 0.15) is 25.1 Å². The Hall–Kier alpha value is -2.90. The maximum Gasteiger partial charge on any atom is 0.407 e.